The van der Waals surface area contributed by atoms with Crippen molar-refractivity contribution in [2.45, 2.75) is 32.9 Å². The van der Waals surface area contributed by atoms with Crippen molar-refractivity contribution in [1.82, 2.24) is 19.7 Å². The van der Waals surface area contributed by atoms with Crippen LogP contribution in [0.1, 0.15) is 24.2 Å². The number of aromatic nitrogens is 4. The Morgan fingerprint density at radius 1 is 1.10 bits per heavy atom. The van der Waals surface area contributed by atoms with E-state index < -0.39 is 6.17 Å². The van der Waals surface area contributed by atoms with Crippen LogP contribution in [0.15, 0.2) is 18.5 Å². The van der Waals surface area contributed by atoms with Gasteiger partial charge in [-0.15, -0.1) is 0 Å². The van der Waals surface area contributed by atoms with Crippen LogP contribution in [0.25, 0.3) is 5.82 Å². The van der Waals surface area contributed by atoms with Crippen LogP contribution in [-0.4, -0.2) is 39.0 Å². The third-order valence-corrected chi connectivity index (χ3v) is 3.61. The van der Waals surface area contributed by atoms with Gasteiger partial charge in [0.15, 0.2) is 5.82 Å². The van der Waals surface area contributed by atoms with E-state index in [9.17, 15) is 4.39 Å². The number of rotatable bonds is 2. The second-order valence-corrected chi connectivity index (χ2v) is 5.23. The molecule has 0 aliphatic carbocycles. The van der Waals surface area contributed by atoms with Gasteiger partial charge in [0, 0.05) is 24.8 Å². The number of hydrogen-bond donors (Lipinski definition) is 0. The minimum absolute atomic E-state index is 0.569. The van der Waals surface area contributed by atoms with E-state index in [4.69, 9.17) is 0 Å². The van der Waals surface area contributed by atoms with Gasteiger partial charge < -0.3 is 4.90 Å². The van der Waals surface area contributed by atoms with Crippen molar-refractivity contribution in [3.05, 3.63) is 29.8 Å². The highest BCUT2D eigenvalue weighted by atomic mass is 19.1. The molecular weight excluding hydrogens is 257 g/mol. The molecule has 3 rings (SSSR count). The van der Waals surface area contributed by atoms with E-state index in [0.717, 1.165) is 23.0 Å². The van der Waals surface area contributed by atoms with Gasteiger partial charge in [-0.25, -0.2) is 19.0 Å². The molecule has 1 aliphatic rings. The van der Waals surface area contributed by atoms with Crippen molar-refractivity contribution in [2.75, 3.05) is 18.0 Å². The quantitative estimate of drug-likeness (QED) is 0.843. The van der Waals surface area contributed by atoms with Crippen molar-refractivity contribution in [2.24, 2.45) is 0 Å². The molecule has 6 heteroatoms. The van der Waals surface area contributed by atoms with Crippen molar-refractivity contribution in [3.63, 3.8) is 0 Å². The highest BCUT2D eigenvalue weighted by Crippen LogP contribution is 2.21. The van der Waals surface area contributed by atoms with Crippen molar-refractivity contribution >= 4 is 5.82 Å². The molecule has 0 bridgehead atoms. The molecule has 0 unspecified atom stereocenters. The first-order valence-corrected chi connectivity index (χ1v) is 6.88. The maximum Gasteiger partial charge on any atom is 0.159 e. The molecule has 20 heavy (non-hydrogen) atoms. The van der Waals surface area contributed by atoms with Gasteiger partial charge in [0.1, 0.15) is 18.3 Å². The molecule has 3 heterocycles. The second-order valence-electron chi connectivity index (χ2n) is 5.23. The summed E-state index contributed by atoms with van der Waals surface area (Å²) in [6.45, 7) is 5.36. The summed E-state index contributed by atoms with van der Waals surface area (Å²) in [5, 5.41) is 4.43. The molecule has 106 valence electrons. The first-order chi connectivity index (χ1) is 9.63. The summed E-state index contributed by atoms with van der Waals surface area (Å²) in [5.41, 5.74) is 2.00. The predicted molar refractivity (Wildman–Crippen MR) is 75.0 cm³/mol. The van der Waals surface area contributed by atoms with Gasteiger partial charge in [-0.3, -0.25) is 0 Å². The number of piperidine rings is 1. The summed E-state index contributed by atoms with van der Waals surface area (Å²) in [7, 11) is 0. The maximum atomic E-state index is 13.2. The zero-order chi connectivity index (χ0) is 14.1. The third kappa shape index (κ3) is 2.50. The molecule has 2 aromatic heterocycles. The fourth-order valence-electron chi connectivity index (χ4n) is 2.56. The summed E-state index contributed by atoms with van der Waals surface area (Å²) in [4.78, 5) is 10.7. The Labute approximate surface area is 117 Å². The van der Waals surface area contributed by atoms with Gasteiger partial charge in [0.05, 0.1) is 5.69 Å². The Bertz CT molecular complexity index is 601. The van der Waals surface area contributed by atoms with Crippen LogP contribution >= 0.6 is 0 Å². The van der Waals surface area contributed by atoms with Crippen molar-refractivity contribution in [1.29, 1.82) is 0 Å². The summed E-state index contributed by atoms with van der Waals surface area (Å²) in [6, 6.07) is 3.92. The largest absolute Gasteiger partial charge is 0.356 e. The van der Waals surface area contributed by atoms with Crippen LogP contribution in [0.4, 0.5) is 10.2 Å². The molecule has 1 aliphatic heterocycles. The first kappa shape index (κ1) is 13.0. The number of alkyl halides is 1. The molecule has 0 spiro atoms. The van der Waals surface area contributed by atoms with Gasteiger partial charge in [-0.1, -0.05) is 0 Å². The molecule has 0 radical (unpaired) electrons. The summed E-state index contributed by atoms with van der Waals surface area (Å²) < 4.78 is 15.0. The van der Waals surface area contributed by atoms with E-state index >= 15 is 0 Å². The molecule has 0 N–H and O–H groups in total. The molecule has 2 aromatic rings. The third-order valence-electron chi connectivity index (χ3n) is 3.61. The van der Waals surface area contributed by atoms with Gasteiger partial charge in [0.25, 0.3) is 0 Å². The number of anilines is 1. The standard InChI is InChI=1S/C14H18FN5/c1-10-7-11(2)20(18-10)14-8-13(16-9-17-14)19-5-3-12(15)4-6-19/h7-9,12H,3-6H2,1-2H3. The van der Waals surface area contributed by atoms with E-state index in [1.807, 2.05) is 30.7 Å². The van der Waals surface area contributed by atoms with Crippen molar-refractivity contribution in [3.8, 4) is 5.82 Å². The SMILES string of the molecule is Cc1cc(C)n(-c2cc(N3CCC(F)CC3)ncn2)n1. The average Bonchev–Trinajstić information content (AvgIpc) is 2.79. The average molecular weight is 275 g/mol. The number of nitrogens with zero attached hydrogens (tertiary/aromatic N) is 5. The van der Waals surface area contributed by atoms with Crippen LogP contribution in [-0.2, 0) is 0 Å². The lowest BCUT2D eigenvalue weighted by Gasteiger charge is -2.29. The lowest BCUT2D eigenvalue weighted by molar-refractivity contribution is 0.276. The summed E-state index contributed by atoms with van der Waals surface area (Å²) in [6.07, 6.45) is 2.00. The topological polar surface area (TPSA) is 46.8 Å². The summed E-state index contributed by atoms with van der Waals surface area (Å²) in [5.74, 6) is 1.59. The van der Waals surface area contributed by atoms with Crippen LogP contribution < -0.4 is 4.90 Å². The smallest absolute Gasteiger partial charge is 0.159 e. The molecule has 0 saturated carbocycles. The van der Waals surface area contributed by atoms with Gasteiger partial charge in [0.2, 0.25) is 0 Å². The maximum absolute atomic E-state index is 13.2. The molecule has 1 fully saturated rings. The molecule has 0 atom stereocenters. The van der Waals surface area contributed by atoms with E-state index in [2.05, 4.69) is 20.0 Å². The van der Waals surface area contributed by atoms with Crippen LogP contribution in [0, 0.1) is 13.8 Å². The minimum Gasteiger partial charge on any atom is -0.356 e. The number of halogens is 1. The van der Waals surface area contributed by atoms with E-state index in [-0.39, 0.29) is 0 Å². The van der Waals surface area contributed by atoms with Gasteiger partial charge in [-0.2, -0.15) is 5.10 Å². The Kier molecular flexibility index (Phi) is 3.38. The normalized spacial score (nSPS) is 16.6. The Morgan fingerprint density at radius 3 is 2.45 bits per heavy atom. The Balaban J connectivity index is 1.88. The highest BCUT2D eigenvalue weighted by Gasteiger charge is 2.20. The summed E-state index contributed by atoms with van der Waals surface area (Å²) >= 11 is 0. The highest BCUT2D eigenvalue weighted by molar-refractivity contribution is 5.44. The van der Waals surface area contributed by atoms with E-state index in [0.29, 0.717) is 25.9 Å². The molecular formula is C14H18FN5. The van der Waals surface area contributed by atoms with Crippen LogP contribution in [0.5, 0.6) is 0 Å². The Hall–Kier alpha value is -1.98. The monoisotopic (exact) mass is 275 g/mol. The number of aryl methyl sites for hydroxylation is 2. The van der Waals surface area contributed by atoms with Gasteiger partial charge in [-0.05, 0) is 32.8 Å². The fraction of sp³-hybridized carbons (Fsp3) is 0.500. The lowest BCUT2D eigenvalue weighted by Crippen LogP contribution is -2.35. The zero-order valence-corrected chi connectivity index (χ0v) is 11.8. The fourth-order valence-corrected chi connectivity index (χ4v) is 2.56. The molecule has 0 amide bonds. The minimum atomic E-state index is -0.677. The molecule has 1 saturated heterocycles. The van der Waals surface area contributed by atoms with Crippen LogP contribution in [0.3, 0.4) is 0 Å². The van der Waals surface area contributed by atoms with Gasteiger partial charge >= 0.3 is 0 Å². The number of hydrogen-bond acceptors (Lipinski definition) is 4. The lowest BCUT2D eigenvalue weighted by atomic mass is 10.1. The molecule has 5 nitrogen and oxygen atoms in total. The zero-order valence-electron chi connectivity index (χ0n) is 11.8. The van der Waals surface area contributed by atoms with Crippen LogP contribution in [0.2, 0.25) is 0 Å². The Morgan fingerprint density at radius 2 is 1.80 bits per heavy atom. The van der Waals surface area contributed by atoms with E-state index in [1.165, 1.54) is 0 Å². The predicted octanol–water partition coefficient (Wildman–Crippen LogP) is 2.22. The van der Waals surface area contributed by atoms with E-state index in [1.54, 1.807) is 6.33 Å². The second kappa shape index (κ2) is 5.19. The first-order valence-electron chi connectivity index (χ1n) is 6.88. The molecule has 0 aromatic carbocycles. The van der Waals surface area contributed by atoms with Crippen molar-refractivity contribution < 1.29 is 4.39 Å².